The van der Waals surface area contributed by atoms with Gasteiger partial charge in [0.2, 0.25) is 5.91 Å². The molecule has 26 heavy (non-hydrogen) atoms. The second kappa shape index (κ2) is 7.62. The predicted molar refractivity (Wildman–Crippen MR) is 101 cm³/mol. The van der Waals surface area contributed by atoms with E-state index in [0.29, 0.717) is 25.0 Å². The Bertz CT molecular complexity index is 747. The number of nitrogens with one attached hydrogen (secondary N) is 1. The highest BCUT2D eigenvalue weighted by Gasteiger charge is 2.31. The average molecular weight is 353 g/mol. The second-order valence-corrected chi connectivity index (χ2v) is 7.57. The SMILES string of the molecule is Cc1ccc(-c2cn[nH]c2C2CCCN(C(=O)C3CCOCC3)C2)cc1. The van der Waals surface area contributed by atoms with Gasteiger partial charge in [0.1, 0.15) is 0 Å². The van der Waals surface area contributed by atoms with Crippen molar-refractivity contribution in [3.05, 3.63) is 41.7 Å². The van der Waals surface area contributed by atoms with Crippen molar-refractivity contribution in [3.8, 4) is 11.1 Å². The molecule has 2 saturated heterocycles. The van der Waals surface area contributed by atoms with E-state index in [0.717, 1.165) is 44.3 Å². The molecule has 3 heterocycles. The highest BCUT2D eigenvalue weighted by molar-refractivity contribution is 5.79. The molecule has 5 nitrogen and oxygen atoms in total. The van der Waals surface area contributed by atoms with Crippen molar-refractivity contribution < 1.29 is 9.53 Å². The summed E-state index contributed by atoms with van der Waals surface area (Å²) < 4.78 is 5.41. The van der Waals surface area contributed by atoms with E-state index in [1.54, 1.807) is 0 Å². The summed E-state index contributed by atoms with van der Waals surface area (Å²) in [7, 11) is 0. The van der Waals surface area contributed by atoms with E-state index >= 15 is 0 Å². The molecule has 5 heteroatoms. The number of amides is 1. The molecule has 0 aliphatic carbocycles. The van der Waals surface area contributed by atoms with Crippen molar-refractivity contribution in [1.82, 2.24) is 15.1 Å². The number of H-pyrrole nitrogens is 1. The number of aromatic amines is 1. The van der Waals surface area contributed by atoms with Crippen molar-refractivity contribution in [2.45, 2.75) is 38.5 Å². The zero-order chi connectivity index (χ0) is 17.9. The van der Waals surface area contributed by atoms with Gasteiger partial charge in [0.05, 0.1) is 6.20 Å². The van der Waals surface area contributed by atoms with E-state index in [1.165, 1.54) is 16.8 Å². The number of aromatic nitrogens is 2. The fourth-order valence-corrected chi connectivity index (χ4v) is 4.19. The molecule has 1 unspecified atom stereocenters. The molecule has 2 aromatic rings. The number of piperidine rings is 1. The van der Waals surface area contributed by atoms with Gasteiger partial charge in [-0.25, -0.2) is 0 Å². The minimum absolute atomic E-state index is 0.140. The summed E-state index contributed by atoms with van der Waals surface area (Å²) in [5.41, 5.74) is 4.77. The summed E-state index contributed by atoms with van der Waals surface area (Å²) in [6.07, 6.45) is 5.78. The number of ether oxygens (including phenoxy) is 1. The molecule has 1 atom stereocenters. The first kappa shape index (κ1) is 17.3. The van der Waals surface area contributed by atoms with Gasteiger partial charge in [-0.2, -0.15) is 5.10 Å². The Hall–Kier alpha value is -2.14. The highest BCUT2D eigenvalue weighted by atomic mass is 16.5. The normalized spacial score (nSPS) is 21.7. The van der Waals surface area contributed by atoms with Crippen LogP contribution in [0.15, 0.2) is 30.5 Å². The summed E-state index contributed by atoms with van der Waals surface area (Å²) in [5, 5.41) is 7.53. The highest BCUT2D eigenvalue weighted by Crippen LogP contribution is 2.34. The van der Waals surface area contributed by atoms with E-state index in [4.69, 9.17) is 4.74 Å². The second-order valence-electron chi connectivity index (χ2n) is 7.57. The Labute approximate surface area is 154 Å². The maximum Gasteiger partial charge on any atom is 0.225 e. The van der Waals surface area contributed by atoms with Gasteiger partial charge < -0.3 is 9.64 Å². The zero-order valence-corrected chi connectivity index (χ0v) is 15.4. The van der Waals surface area contributed by atoms with E-state index in [1.807, 2.05) is 6.20 Å². The zero-order valence-electron chi connectivity index (χ0n) is 15.4. The summed E-state index contributed by atoms with van der Waals surface area (Å²) in [6.45, 7) is 5.19. The molecule has 0 radical (unpaired) electrons. The Morgan fingerprint density at radius 3 is 2.73 bits per heavy atom. The van der Waals surface area contributed by atoms with Crippen molar-refractivity contribution in [1.29, 1.82) is 0 Å². The van der Waals surface area contributed by atoms with Crippen LogP contribution in [-0.4, -0.2) is 47.3 Å². The number of hydrogen-bond acceptors (Lipinski definition) is 3. The molecule has 138 valence electrons. The lowest BCUT2D eigenvalue weighted by atomic mass is 9.89. The van der Waals surface area contributed by atoms with Gasteiger partial charge >= 0.3 is 0 Å². The molecule has 1 amide bonds. The molecule has 2 fully saturated rings. The van der Waals surface area contributed by atoms with Crippen LogP contribution in [0.5, 0.6) is 0 Å². The number of aryl methyl sites for hydroxylation is 1. The van der Waals surface area contributed by atoms with Crippen molar-refractivity contribution in [2.75, 3.05) is 26.3 Å². The number of nitrogens with zero attached hydrogens (tertiary/aromatic N) is 2. The first-order chi connectivity index (χ1) is 12.7. The molecule has 2 aliphatic rings. The first-order valence-corrected chi connectivity index (χ1v) is 9.69. The lowest BCUT2D eigenvalue weighted by Gasteiger charge is -2.35. The van der Waals surface area contributed by atoms with Crippen LogP contribution in [0.3, 0.4) is 0 Å². The summed E-state index contributed by atoms with van der Waals surface area (Å²) in [4.78, 5) is 15.0. The number of benzene rings is 1. The van der Waals surface area contributed by atoms with E-state index in [9.17, 15) is 4.79 Å². The average Bonchev–Trinajstić information content (AvgIpc) is 3.19. The van der Waals surface area contributed by atoms with Gasteiger partial charge in [-0.05, 0) is 38.2 Å². The lowest BCUT2D eigenvalue weighted by molar-refractivity contribution is -0.139. The monoisotopic (exact) mass is 353 g/mol. The van der Waals surface area contributed by atoms with Crippen molar-refractivity contribution >= 4 is 5.91 Å². The molecule has 2 aliphatic heterocycles. The minimum atomic E-state index is 0.140. The van der Waals surface area contributed by atoms with Crippen LogP contribution < -0.4 is 0 Å². The van der Waals surface area contributed by atoms with Gasteiger partial charge in [-0.15, -0.1) is 0 Å². The summed E-state index contributed by atoms with van der Waals surface area (Å²) in [5.74, 6) is 0.779. The largest absolute Gasteiger partial charge is 0.381 e. The molecule has 0 saturated carbocycles. The fraction of sp³-hybridized carbons (Fsp3) is 0.524. The van der Waals surface area contributed by atoms with Crippen molar-refractivity contribution in [3.63, 3.8) is 0 Å². The van der Waals surface area contributed by atoms with Crippen LogP contribution in [0, 0.1) is 12.8 Å². The van der Waals surface area contributed by atoms with Gasteiger partial charge in [0, 0.05) is 49.4 Å². The van der Waals surface area contributed by atoms with Gasteiger partial charge in [0.15, 0.2) is 0 Å². The Morgan fingerprint density at radius 1 is 1.19 bits per heavy atom. The summed E-state index contributed by atoms with van der Waals surface area (Å²) >= 11 is 0. The summed E-state index contributed by atoms with van der Waals surface area (Å²) in [6, 6.07) is 8.57. The Morgan fingerprint density at radius 2 is 1.96 bits per heavy atom. The molecule has 1 N–H and O–H groups in total. The Balaban J connectivity index is 1.51. The van der Waals surface area contributed by atoms with Crippen LogP contribution in [0.2, 0.25) is 0 Å². The molecular formula is C21H27N3O2. The maximum absolute atomic E-state index is 12.9. The minimum Gasteiger partial charge on any atom is -0.381 e. The van der Waals surface area contributed by atoms with E-state index in [-0.39, 0.29) is 5.92 Å². The quantitative estimate of drug-likeness (QED) is 0.918. The molecule has 0 spiro atoms. The predicted octanol–water partition coefficient (Wildman–Crippen LogP) is 3.52. The third-order valence-corrected chi connectivity index (χ3v) is 5.74. The van der Waals surface area contributed by atoms with Crippen molar-refractivity contribution in [2.24, 2.45) is 5.92 Å². The van der Waals surface area contributed by atoms with Crippen LogP contribution in [0.1, 0.15) is 42.9 Å². The standard InChI is InChI=1S/C21H27N3O2/c1-15-4-6-16(7-5-15)19-13-22-23-20(19)18-3-2-10-24(14-18)21(25)17-8-11-26-12-9-17/h4-7,13,17-18H,2-3,8-12,14H2,1H3,(H,22,23). The van der Waals surface area contributed by atoms with Crippen LogP contribution in [-0.2, 0) is 9.53 Å². The smallest absolute Gasteiger partial charge is 0.225 e. The van der Waals surface area contributed by atoms with E-state index < -0.39 is 0 Å². The van der Waals surface area contributed by atoms with Gasteiger partial charge in [-0.3, -0.25) is 9.89 Å². The number of carbonyl (C=O) groups is 1. The van der Waals surface area contributed by atoms with Crippen LogP contribution in [0.4, 0.5) is 0 Å². The van der Waals surface area contributed by atoms with Gasteiger partial charge in [-0.1, -0.05) is 29.8 Å². The fourth-order valence-electron chi connectivity index (χ4n) is 4.19. The number of rotatable bonds is 3. The van der Waals surface area contributed by atoms with Crippen LogP contribution in [0.25, 0.3) is 11.1 Å². The van der Waals surface area contributed by atoms with Gasteiger partial charge in [0.25, 0.3) is 0 Å². The lowest BCUT2D eigenvalue weighted by Crippen LogP contribution is -2.43. The third-order valence-electron chi connectivity index (χ3n) is 5.74. The maximum atomic E-state index is 12.9. The molecule has 0 bridgehead atoms. The number of hydrogen-bond donors (Lipinski definition) is 1. The number of likely N-dealkylation sites (tertiary alicyclic amines) is 1. The first-order valence-electron chi connectivity index (χ1n) is 9.69. The molecular weight excluding hydrogens is 326 g/mol. The van der Waals surface area contributed by atoms with E-state index in [2.05, 4.69) is 46.3 Å². The molecule has 1 aromatic carbocycles. The molecule has 1 aromatic heterocycles. The van der Waals surface area contributed by atoms with Crippen LogP contribution >= 0.6 is 0 Å². The topological polar surface area (TPSA) is 58.2 Å². The Kier molecular flexibility index (Phi) is 5.07. The number of carbonyl (C=O) groups excluding carboxylic acids is 1. The third kappa shape index (κ3) is 3.54. The molecule has 4 rings (SSSR count).